The number of hydrogen-bond acceptors (Lipinski definition) is 5. The predicted octanol–water partition coefficient (Wildman–Crippen LogP) is 16.8. The Morgan fingerprint density at radius 2 is 0.929 bits per heavy atom. The van der Waals surface area contributed by atoms with Crippen LogP contribution in [0.2, 0.25) is 0 Å². The first-order chi connectivity index (χ1) is 33.7. The number of thiophene rings is 2. The summed E-state index contributed by atoms with van der Waals surface area (Å²) in [5.41, 5.74) is 18.2. The average molecular weight is 944 g/mol. The molecule has 1 saturated carbocycles. The topological polar surface area (TPSA) is 9.72 Å². The monoisotopic (exact) mass is 943 g/mol. The van der Waals surface area contributed by atoms with Crippen LogP contribution in [-0.2, 0) is 16.2 Å². The fourth-order valence-electron chi connectivity index (χ4n) is 13.6. The van der Waals surface area contributed by atoms with Crippen LogP contribution in [0.4, 0.5) is 45.5 Å². The summed E-state index contributed by atoms with van der Waals surface area (Å²) in [5.74, 6) is 0. The summed E-state index contributed by atoms with van der Waals surface area (Å²) in [5, 5.41) is 5.27. The van der Waals surface area contributed by atoms with Gasteiger partial charge in [0.1, 0.15) is 0 Å². The van der Waals surface area contributed by atoms with E-state index in [0.29, 0.717) is 0 Å². The highest BCUT2D eigenvalue weighted by Crippen LogP contribution is 2.62. The zero-order valence-electron chi connectivity index (χ0n) is 41.6. The summed E-state index contributed by atoms with van der Waals surface area (Å²) in [6.07, 6.45) is 4.80. The summed E-state index contributed by atoms with van der Waals surface area (Å²) < 4.78 is 5.27. The van der Waals surface area contributed by atoms with Crippen LogP contribution in [0.5, 0.6) is 0 Å². The molecule has 3 aliphatic heterocycles. The maximum atomic E-state index is 2.81. The smallest absolute Gasteiger partial charge is 0.252 e. The van der Waals surface area contributed by atoms with E-state index in [2.05, 4.69) is 228 Å². The van der Waals surface area contributed by atoms with Crippen molar-refractivity contribution in [3.05, 3.63) is 174 Å². The molecule has 8 aromatic carbocycles. The second-order valence-corrected chi connectivity index (χ2v) is 25.4. The van der Waals surface area contributed by atoms with E-state index in [9.17, 15) is 0 Å². The Kier molecular flexibility index (Phi) is 8.88. The highest BCUT2D eigenvalue weighted by Gasteiger charge is 2.58. The van der Waals surface area contributed by atoms with Crippen LogP contribution in [0.25, 0.3) is 40.3 Å². The van der Waals surface area contributed by atoms with Crippen LogP contribution in [0.15, 0.2) is 158 Å². The molecule has 1 fully saturated rings. The molecule has 14 rings (SSSR count). The molecular weight excluding hydrogens is 886 g/mol. The summed E-state index contributed by atoms with van der Waals surface area (Å²) >= 11 is 3.82. The molecule has 344 valence electrons. The molecule has 4 aliphatic rings. The van der Waals surface area contributed by atoms with E-state index >= 15 is 0 Å². The van der Waals surface area contributed by atoms with E-state index in [1.807, 2.05) is 22.7 Å². The number of benzene rings is 8. The maximum Gasteiger partial charge on any atom is 0.252 e. The Bertz CT molecular complexity index is 3640. The molecule has 3 nitrogen and oxygen atoms in total. The summed E-state index contributed by atoms with van der Waals surface area (Å²) in [7, 11) is 0. The average Bonchev–Trinajstić information content (AvgIpc) is 3.99. The zero-order chi connectivity index (χ0) is 47.6. The van der Waals surface area contributed by atoms with Crippen LogP contribution < -0.4 is 31.1 Å². The maximum absolute atomic E-state index is 2.81. The Morgan fingerprint density at radius 3 is 1.47 bits per heavy atom. The molecule has 0 radical (unpaired) electrons. The van der Waals surface area contributed by atoms with Crippen LogP contribution >= 0.6 is 22.7 Å². The lowest BCUT2D eigenvalue weighted by molar-refractivity contribution is 0.195. The molecule has 0 N–H and O–H groups in total. The first kappa shape index (κ1) is 42.5. The lowest BCUT2D eigenvalue weighted by atomic mass is 9.33. The third-order valence-corrected chi connectivity index (χ3v) is 19.6. The number of hydrogen-bond donors (Lipinski definition) is 0. The number of para-hydroxylation sites is 1. The molecule has 0 amide bonds. The Balaban J connectivity index is 1.17. The van der Waals surface area contributed by atoms with Gasteiger partial charge in [-0.3, -0.25) is 0 Å². The van der Waals surface area contributed by atoms with Gasteiger partial charge in [-0.2, -0.15) is 0 Å². The Morgan fingerprint density at radius 1 is 0.457 bits per heavy atom. The van der Waals surface area contributed by atoms with Gasteiger partial charge in [0.25, 0.3) is 6.71 Å². The number of anilines is 8. The first-order valence-corrected chi connectivity index (χ1v) is 27.1. The van der Waals surface area contributed by atoms with Crippen LogP contribution in [-0.4, -0.2) is 12.3 Å². The summed E-state index contributed by atoms with van der Waals surface area (Å²) in [6.45, 7) is 19.3. The van der Waals surface area contributed by atoms with E-state index < -0.39 is 0 Å². The van der Waals surface area contributed by atoms with Gasteiger partial charge in [0.15, 0.2) is 0 Å². The molecule has 1 aliphatic carbocycles. The van der Waals surface area contributed by atoms with Crippen molar-refractivity contribution in [2.45, 2.75) is 103 Å². The normalized spacial score (nSPS) is 19.5. The number of nitrogens with zero attached hydrogens (tertiary/aromatic N) is 3. The van der Waals surface area contributed by atoms with Crippen LogP contribution in [0.3, 0.4) is 0 Å². The van der Waals surface area contributed by atoms with Crippen LogP contribution in [0.1, 0.15) is 97.8 Å². The third kappa shape index (κ3) is 5.75. The highest BCUT2D eigenvalue weighted by molar-refractivity contribution is 7.26. The van der Waals surface area contributed by atoms with Crippen molar-refractivity contribution in [2.24, 2.45) is 0 Å². The molecule has 0 bridgehead atoms. The number of fused-ring (bicyclic) bond motifs is 13. The van der Waals surface area contributed by atoms with Crippen molar-refractivity contribution in [2.75, 3.05) is 14.7 Å². The van der Waals surface area contributed by atoms with Gasteiger partial charge in [0.05, 0.1) is 16.9 Å². The van der Waals surface area contributed by atoms with Crippen molar-refractivity contribution in [3.8, 4) is 0 Å². The van der Waals surface area contributed by atoms with Gasteiger partial charge in [-0.1, -0.05) is 152 Å². The Hall–Kier alpha value is -6.34. The van der Waals surface area contributed by atoms with Gasteiger partial charge in [-0.15, -0.1) is 22.7 Å². The van der Waals surface area contributed by atoms with E-state index in [1.165, 1.54) is 138 Å². The SMILES string of the molecule is CC(C)(C)c1ccc2c(c1)B1c3cc(C(C)(C)C)ccc3N(c3cccc4sc5ccccc5c34)c3cc(N4c5ccccc5C5(C)CCCCC45C)cc(c31)N2c1cccc2sc3ccccc3c12. The van der Waals surface area contributed by atoms with Crippen LogP contribution in [0, 0.1) is 0 Å². The van der Waals surface area contributed by atoms with Gasteiger partial charge in [-0.25, -0.2) is 0 Å². The fraction of sp³-hybridized carbons (Fsp3) is 0.250. The first-order valence-electron chi connectivity index (χ1n) is 25.5. The van der Waals surface area contributed by atoms with Crippen molar-refractivity contribution >= 4 is 132 Å². The summed E-state index contributed by atoms with van der Waals surface area (Å²) in [4.78, 5) is 8.20. The molecule has 2 unspecified atom stereocenters. The molecule has 2 aromatic heterocycles. The molecule has 0 saturated heterocycles. The number of rotatable bonds is 3. The minimum absolute atomic E-state index is 0.00513. The van der Waals surface area contributed by atoms with Gasteiger partial charge < -0.3 is 14.7 Å². The third-order valence-electron chi connectivity index (χ3n) is 17.3. The lowest BCUT2D eigenvalue weighted by Gasteiger charge is -2.51. The lowest BCUT2D eigenvalue weighted by Crippen LogP contribution is -2.62. The van der Waals surface area contributed by atoms with Gasteiger partial charge in [0.2, 0.25) is 0 Å². The largest absolute Gasteiger partial charge is 0.334 e. The van der Waals surface area contributed by atoms with Gasteiger partial charge in [-0.05, 0) is 130 Å². The molecule has 10 aromatic rings. The Labute approximate surface area is 421 Å². The van der Waals surface area contributed by atoms with Crippen molar-refractivity contribution in [1.82, 2.24) is 0 Å². The zero-order valence-corrected chi connectivity index (χ0v) is 43.2. The van der Waals surface area contributed by atoms with Gasteiger partial charge in [0, 0.05) is 79.9 Å². The van der Waals surface area contributed by atoms with E-state index in [1.54, 1.807) is 0 Å². The minimum atomic E-state index is -0.125. The second-order valence-electron chi connectivity index (χ2n) is 23.2. The predicted molar refractivity (Wildman–Crippen MR) is 306 cm³/mol. The molecule has 2 atom stereocenters. The fourth-order valence-corrected chi connectivity index (χ4v) is 15.8. The minimum Gasteiger partial charge on any atom is -0.334 e. The molecule has 70 heavy (non-hydrogen) atoms. The standard InChI is InChI=1S/C64H58BN3S2/c1-61(2,3)39-29-31-48-45(35-39)65-46-36-40(62(4,5)6)30-32-49(46)67(51-24-18-28-57-59(51)43-20-10-14-26-55(43)70-57)53-38-41(68-47-22-12-11-21-44(47)63(7)33-15-16-34-64(63,68)8)37-52(60(53)65)66(48)50-23-17-27-56-58(50)42-19-9-13-25-54(42)69-56/h9-14,17-32,35-38H,15-16,33-34H2,1-8H3. The van der Waals surface area contributed by atoms with Crippen molar-refractivity contribution in [3.63, 3.8) is 0 Å². The molecule has 5 heterocycles. The molecule has 0 spiro atoms. The quantitative estimate of drug-likeness (QED) is 0.163. The van der Waals surface area contributed by atoms with E-state index in [-0.39, 0.29) is 28.5 Å². The van der Waals surface area contributed by atoms with E-state index in [4.69, 9.17) is 0 Å². The van der Waals surface area contributed by atoms with E-state index in [0.717, 1.165) is 6.42 Å². The summed E-state index contributed by atoms with van der Waals surface area (Å²) in [6, 6.07) is 61.7. The highest BCUT2D eigenvalue weighted by atomic mass is 32.1. The molecule has 6 heteroatoms. The van der Waals surface area contributed by atoms with Gasteiger partial charge >= 0.3 is 0 Å². The second kappa shape index (κ2) is 14.6. The van der Waals surface area contributed by atoms with Crippen molar-refractivity contribution in [1.29, 1.82) is 0 Å². The molecular formula is C64H58BN3S2. The van der Waals surface area contributed by atoms with Crippen molar-refractivity contribution < 1.29 is 0 Å².